The zero-order valence-corrected chi connectivity index (χ0v) is 32.5. The molecule has 0 aliphatic rings. The summed E-state index contributed by atoms with van der Waals surface area (Å²) in [7, 11) is 0. The van der Waals surface area contributed by atoms with Gasteiger partial charge in [0.05, 0.1) is 0 Å². The van der Waals surface area contributed by atoms with E-state index in [0.717, 1.165) is 0 Å². The van der Waals surface area contributed by atoms with Gasteiger partial charge in [0.25, 0.3) is 0 Å². The van der Waals surface area contributed by atoms with Gasteiger partial charge in [-0.05, 0) is 0 Å². The summed E-state index contributed by atoms with van der Waals surface area (Å²) in [5.41, 5.74) is 0. The predicted octanol–water partition coefficient (Wildman–Crippen LogP) is 16.3. The SMILES string of the molecule is CCCCCCCC[CH2][Ti]([CH2]CCCCCCCC)([CH2]CCCCCCCC)([CH2]CCCCCCCC)[O]c1ccccc1. The predicted molar refractivity (Wildman–Crippen MR) is 198 cm³/mol. The van der Waals surface area contributed by atoms with Crippen molar-refractivity contribution in [2.24, 2.45) is 0 Å². The van der Waals surface area contributed by atoms with E-state index < -0.39 is 15.7 Å². The van der Waals surface area contributed by atoms with Crippen molar-refractivity contribution in [3.05, 3.63) is 30.3 Å². The average Bonchev–Trinajstić information content (AvgIpc) is 3.04. The Labute approximate surface area is 280 Å². The van der Waals surface area contributed by atoms with E-state index in [1.807, 2.05) is 0 Å². The topological polar surface area (TPSA) is 9.23 Å². The zero-order valence-electron chi connectivity index (χ0n) is 30.9. The van der Waals surface area contributed by atoms with E-state index in [1.165, 1.54) is 204 Å². The molecule has 0 saturated carbocycles. The fourth-order valence-corrected chi connectivity index (χ4v) is 19.3. The van der Waals surface area contributed by atoms with Crippen molar-refractivity contribution >= 4 is 0 Å². The molecule has 0 heterocycles. The summed E-state index contributed by atoms with van der Waals surface area (Å²) in [5, 5.41) is 0. The first-order valence-corrected chi connectivity index (χ1v) is 25.6. The van der Waals surface area contributed by atoms with Crippen molar-refractivity contribution < 1.29 is 19.0 Å². The van der Waals surface area contributed by atoms with Crippen LogP contribution in [0.4, 0.5) is 0 Å². The Kier molecular flexibility index (Phi) is 27.4. The van der Waals surface area contributed by atoms with Crippen LogP contribution in [0, 0.1) is 0 Å². The van der Waals surface area contributed by atoms with E-state index in [-0.39, 0.29) is 0 Å². The maximum absolute atomic E-state index is 7.76. The van der Waals surface area contributed by atoms with Crippen LogP contribution in [0.15, 0.2) is 30.3 Å². The van der Waals surface area contributed by atoms with Gasteiger partial charge in [0.1, 0.15) is 0 Å². The molecule has 0 spiro atoms. The Bertz CT molecular complexity index is 632. The number of hydrogen-bond donors (Lipinski definition) is 0. The summed E-state index contributed by atoms with van der Waals surface area (Å²) in [6, 6.07) is 11.2. The van der Waals surface area contributed by atoms with Gasteiger partial charge in [-0.2, -0.15) is 0 Å². The van der Waals surface area contributed by atoms with Crippen LogP contribution in [0.2, 0.25) is 18.9 Å². The van der Waals surface area contributed by atoms with Gasteiger partial charge < -0.3 is 0 Å². The summed E-state index contributed by atoms with van der Waals surface area (Å²) in [4.78, 5) is 0. The van der Waals surface area contributed by atoms with E-state index in [0.29, 0.717) is 0 Å². The Balaban J connectivity index is 3.15. The number of rotatable bonds is 34. The normalized spacial score (nSPS) is 12.8. The molecular weight excluding hydrogens is 568 g/mol. The Morgan fingerprint density at radius 2 is 0.591 bits per heavy atom. The summed E-state index contributed by atoms with van der Waals surface area (Å²) >= 11 is -3.33. The minimum atomic E-state index is -3.33. The van der Waals surface area contributed by atoms with Gasteiger partial charge >= 0.3 is 281 Å². The summed E-state index contributed by atoms with van der Waals surface area (Å²) in [6.45, 7) is 9.35. The third-order valence-corrected chi connectivity index (χ3v) is 22.2. The summed E-state index contributed by atoms with van der Waals surface area (Å²) in [6.07, 6.45) is 39.6. The monoisotopic (exact) mass is 650 g/mol. The summed E-state index contributed by atoms with van der Waals surface area (Å²) < 4.78 is 13.5. The molecule has 1 rings (SSSR count). The summed E-state index contributed by atoms with van der Waals surface area (Å²) in [5.74, 6) is 1.21. The standard InChI is InChI=1S/4C9H19.C6H6O.Ti/c4*1-3-5-7-9-8-6-4-2;7-6-4-2-1-3-5-6;/h4*1,3-9H2,2H3;1-5,7H;/q;;;;;+1/p-1. The first-order chi connectivity index (χ1) is 21.6. The van der Waals surface area contributed by atoms with Crippen LogP contribution >= 0.6 is 0 Å². The fraction of sp³-hybridized carbons (Fsp3) is 0.857. The number of para-hydroxylation sites is 1. The second kappa shape index (κ2) is 28.9. The molecule has 2 heteroatoms. The molecule has 0 atom stereocenters. The van der Waals surface area contributed by atoms with E-state index in [2.05, 4.69) is 58.0 Å². The molecule has 0 aliphatic heterocycles. The van der Waals surface area contributed by atoms with E-state index in [4.69, 9.17) is 3.32 Å². The Morgan fingerprint density at radius 1 is 0.341 bits per heavy atom. The number of hydrogen-bond acceptors (Lipinski definition) is 1. The van der Waals surface area contributed by atoms with Crippen LogP contribution in [0.5, 0.6) is 5.75 Å². The van der Waals surface area contributed by atoms with Crippen LogP contribution in [-0.2, 0) is 15.7 Å². The van der Waals surface area contributed by atoms with Gasteiger partial charge in [0.15, 0.2) is 0 Å². The van der Waals surface area contributed by atoms with Gasteiger partial charge in [-0.25, -0.2) is 0 Å². The molecule has 0 fully saturated rings. The van der Waals surface area contributed by atoms with Gasteiger partial charge in [0, 0.05) is 0 Å². The van der Waals surface area contributed by atoms with Crippen LogP contribution in [0.25, 0.3) is 0 Å². The number of unbranched alkanes of at least 4 members (excludes halogenated alkanes) is 24. The van der Waals surface area contributed by atoms with Crippen LogP contribution in [0.3, 0.4) is 0 Å². The van der Waals surface area contributed by atoms with Crippen molar-refractivity contribution in [1.29, 1.82) is 0 Å². The molecule has 1 aromatic rings. The third-order valence-electron chi connectivity index (χ3n) is 10.8. The first kappa shape index (κ1) is 41.8. The molecule has 0 saturated heterocycles. The first-order valence-electron chi connectivity index (χ1n) is 20.6. The molecule has 0 aliphatic carbocycles. The Hall–Kier alpha value is -0.266. The van der Waals surface area contributed by atoms with Gasteiger partial charge in [-0.3, -0.25) is 0 Å². The molecule has 259 valence electrons. The van der Waals surface area contributed by atoms with E-state index in [9.17, 15) is 0 Å². The van der Waals surface area contributed by atoms with Gasteiger partial charge in [-0.1, -0.05) is 0 Å². The minimum absolute atomic E-state index is 1.21. The molecule has 1 nitrogen and oxygen atoms in total. The zero-order chi connectivity index (χ0) is 31.9. The molecule has 44 heavy (non-hydrogen) atoms. The van der Waals surface area contributed by atoms with Crippen LogP contribution < -0.4 is 3.32 Å². The fourth-order valence-electron chi connectivity index (χ4n) is 7.89. The molecule has 0 amide bonds. The van der Waals surface area contributed by atoms with E-state index in [1.54, 1.807) is 0 Å². The maximum atomic E-state index is 7.76. The molecule has 0 radical (unpaired) electrons. The second-order valence-corrected chi connectivity index (χ2v) is 24.9. The van der Waals surface area contributed by atoms with Crippen molar-refractivity contribution in [3.63, 3.8) is 0 Å². The molecule has 0 bridgehead atoms. The second-order valence-electron chi connectivity index (χ2n) is 15.0. The van der Waals surface area contributed by atoms with Crippen molar-refractivity contribution in [1.82, 2.24) is 0 Å². The molecule has 0 N–H and O–H groups in total. The van der Waals surface area contributed by atoms with Gasteiger partial charge in [0.2, 0.25) is 0 Å². The van der Waals surface area contributed by atoms with Crippen LogP contribution in [0.1, 0.15) is 207 Å². The van der Waals surface area contributed by atoms with Crippen molar-refractivity contribution in [3.8, 4) is 5.75 Å². The van der Waals surface area contributed by atoms with Crippen molar-refractivity contribution in [2.45, 2.75) is 226 Å². The average molecular weight is 650 g/mol. The quantitative estimate of drug-likeness (QED) is 0.0533. The molecule has 1 aromatic carbocycles. The molecule has 0 unspecified atom stereocenters. The molecule has 0 aromatic heterocycles. The third kappa shape index (κ3) is 20.8. The van der Waals surface area contributed by atoms with E-state index >= 15 is 0 Å². The van der Waals surface area contributed by atoms with Crippen molar-refractivity contribution in [2.75, 3.05) is 0 Å². The van der Waals surface area contributed by atoms with Crippen LogP contribution in [-0.4, -0.2) is 0 Å². The number of benzene rings is 1. The molecular formula is C42H81OTi. The van der Waals surface area contributed by atoms with Gasteiger partial charge in [-0.15, -0.1) is 0 Å². The Morgan fingerprint density at radius 3 is 0.864 bits per heavy atom.